The number of para-hydroxylation sites is 1. The molecule has 0 aliphatic rings. The van der Waals surface area contributed by atoms with E-state index in [1.807, 2.05) is 0 Å². The molecular weight excluding hydrogens is 415 g/mol. The number of halogens is 3. The zero-order valence-corrected chi connectivity index (χ0v) is 17.3. The zero-order chi connectivity index (χ0) is 22.7. The predicted molar refractivity (Wildman–Crippen MR) is 118 cm³/mol. The third-order valence-electron chi connectivity index (χ3n) is 4.92. The zero-order valence-electron chi connectivity index (χ0n) is 17.3. The van der Waals surface area contributed by atoms with Gasteiger partial charge in [0.05, 0.1) is 25.3 Å². The van der Waals surface area contributed by atoms with Crippen LogP contribution in [-0.2, 0) is 6.18 Å². The maximum absolute atomic E-state index is 14.1. The van der Waals surface area contributed by atoms with Crippen LogP contribution in [0.3, 0.4) is 0 Å². The van der Waals surface area contributed by atoms with Crippen LogP contribution in [0.1, 0.15) is 16.8 Å². The molecule has 32 heavy (non-hydrogen) atoms. The Morgan fingerprint density at radius 3 is 2.19 bits per heavy atom. The summed E-state index contributed by atoms with van der Waals surface area (Å²) in [5.41, 5.74) is 0.476. The van der Waals surface area contributed by atoms with Crippen LogP contribution in [0.2, 0.25) is 0 Å². The highest BCUT2D eigenvalue weighted by Gasteiger charge is 2.37. The first-order valence-corrected chi connectivity index (χ1v) is 9.71. The first-order valence-electron chi connectivity index (χ1n) is 9.71. The summed E-state index contributed by atoms with van der Waals surface area (Å²) in [6, 6.07) is 20.5. The second kappa shape index (κ2) is 8.64. The molecule has 0 fully saturated rings. The maximum Gasteiger partial charge on any atom is 0.434 e. The summed E-state index contributed by atoms with van der Waals surface area (Å²) in [4.78, 5) is 3.94. The van der Waals surface area contributed by atoms with Crippen molar-refractivity contribution in [2.24, 2.45) is 0 Å². The van der Waals surface area contributed by atoms with Crippen molar-refractivity contribution in [2.45, 2.75) is 6.18 Å². The van der Waals surface area contributed by atoms with Crippen LogP contribution in [-0.4, -0.2) is 19.2 Å². The second-order valence-electron chi connectivity index (χ2n) is 6.94. The van der Waals surface area contributed by atoms with E-state index in [2.05, 4.69) is 16.8 Å². The molecule has 0 aliphatic carbocycles. The summed E-state index contributed by atoms with van der Waals surface area (Å²) in [5.74, 6) is 6.70. The van der Waals surface area contributed by atoms with Gasteiger partial charge in [-0.2, -0.15) is 13.2 Å². The van der Waals surface area contributed by atoms with E-state index in [1.54, 1.807) is 72.8 Å². The van der Waals surface area contributed by atoms with Gasteiger partial charge in [-0.3, -0.25) is 0 Å². The number of nitrogens with zero attached hydrogens (tertiary/aromatic N) is 1. The molecule has 0 unspecified atom stereocenters. The van der Waals surface area contributed by atoms with E-state index in [9.17, 15) is 13.2 Å². The summed E-state index contributed by atoms with van der Waals surface area (Å²) < 4.78 is 52.7. The van der Waals surface area contributed by atoms with E-state index in [4.69, 9.17) is 9.47 Å². The number of pyridine rings is 1. The van der Waals surface area contributed by atoms with Crippen LogP contribution in [0, 0.1) is 11.8 Å². The molecule has 160 valence electrons. The minimum Gasteiger partial charge on any atom is -0.497 e. The maximum atomic E-state index is 14.1. The monoisotopic (exact) mass is 433 g/mol. The lowest BCUT2D eigenvalue weighted by Crippen LogP contribution is -2.12. The summed E-state index contributed by atoms with van der Waals surface area (Å²) in [7, 11) is 3.02. The lowest BCUT2D eigenvalue weighted by atomic mass is 9.93. The van der Waals surface area contributed by atoms with E-state index in [1.165, 1.54) is 14.2 Å². The van der Waals surface area contributed by atoms with Gasteiger partial charge in [0, 0.05) is 16.5 Å². The Morgan fingerprint density at radius 1 is 0.781 bits per heavy atom. The van der Waals surface area contributed by atoms with Crippen molar-refractivity contribution in [3.05, 3.63) is 89.6 Å². The molecule has 0 bridgehead atoms. The van der Waals surface area contributed by atoms with Crippen LogP contribution in [0.4, 0.5) is 13.2 Å². The highest BCUT2D eigenvalue weighted by atomic mass is 19.4. The molecule has 0 saturated carbocycles. The lowest BCUT2D eigenvalue weighted by molar-refractivity contribution is -0.141. The van der Waals surface area contributed by atoms with Crippen LogP contribution in [0.15, 0.2) is 72.8 Å². The molecular formula is C26H18F3NO2. The molecule has 1 heterocycles. The Morgan fingerprint density at radius 2 is 1.47 bits per heavy atom. The van der Waals surface area contributed by atoms with Gasteiger partial charge >= 0.3 is 6.18 Å². The molecule has 3 aromatic carbocycles. The lowest BCUT2D eigenvalue weighted by Gasteiger charge is -2.16. The third kappa shape index (κ3) is 4.23. The number of aromatic nitrogens is 1. The van der Waals surface area contributed by atoms with Gasteiger partial charge in [0.2, 0.25) is 0 Å². The first kappa shape index (κ1) is 21.3. The van der Waals surface area contributed by atoms with Crippen molar-refractivity contribution in [2.75, 3.05) is 14.2 Å². The average molecular weight is 433 g/mol. The highest BCUT2D eigenvalue weighted by molar-refractivity contribution is 5.98. The van der Waals surface area contributed by atoms with Crippen molar-refractivity contribution in [3.63, 3.8) is 0 Å². The number of hydrogen-bond donors (Lipinski definition) is 0. The molecule has 3 nitrogen and oxygen atoms in total. The molecule has 4 aromatic rings. The quantitative estimate of drug-likeness (QED) is 0.354. The van der Waals surface area contributed by atoms with E-state index in [-0.39, 0.29) is 11.1 Å². The first-order chi connectivity index (χ1) is 15.4. The highest BCUT2D eigenvalue weighted by Crippen LogP contribution is 2.40. The summed E-state index contributed by atoms with van der Waals surface area (Å²) in [6.07, 6.45) is -4.68. The standard InChI is InChI=1S/C26H18F3NO2/c1-31-19-9-5-7-17(15-19)13-14-22-24(18-8-6-10-20(16-18)32-2)21-11-3-4-12-23(21)30-25(22)26(27,28)29/h3-12,15-16H,1-2H3. The SMILES string of the molecule is COc1cccc(C#Cc2c(C(F)(F)F)nc3ccccc3c2-c2cccc(OC)c2)c1. The van der Waals surface area contributed by atoms with Crippen molar-refractivity contribution in [1.29, 1.82) is 0 Å². The number of hydrogen-bond acceptors (Lipinski definition) is 3. The normalized spacial score (nSPS) is 11.0. The van der Waals surface area contributed by atoms with E-state index < -0.39 is 11.9 Å². The summed E-state index contributed by atoms with van der Waals surface area (Å²) in [5, 5.41) is 0.573. The van der Waals surface area contributed by atoms with E-state index in [0.29, 0.717) is 33.6 Å². The third-order valence-corrected chi connectivity index (χ3v) is 4.92. The average Bonchev–Trinajstić information content (AvgIpc) is 2.81. The number of methoxy groups -OCH3 is 2. The minimum absolute atomic E-state index is 0.188. The molecule has 0 spiro atoms. The van der Waals surface area contributed by atoms with Crippen LogP contribution in [0.25, 0.3) is 22.0 Å². The van der Waals surface area contributed by atoms with Gasteiger partial charge in [-0.25, -0.2) is 4.98 Å². The van der Waals surface area contributed by atoms with E-state index in [0.717, 1.165) is 0 Å². The molecule has 0 saturated heterocycles. The van der Waals surface area contributed by atoms with Gasteiger partial charge in [0.15, 0.2) is 5.69 Å². The molecule has 0 radical (unpaired) electrons. The molecule has 0 atom stereocenters. The summed E-state index contributed by atoms with van der Waals surface area (Å²) >= 11 is 0. The molecule has 6 heteroatoms. The van der Waals surface area contributed by atoms with Gasteiger partial charge in [-0.1, -0.05) is 48.2 Å². The number of ether oxygens (including phenoxy) is 2. The molecule has 0 aliphatic heterocycles. The number of alkyl halides is 3. The Kier molecular flexibility index (Phi) is 5.74. The van der Waals surface area contributed by atoms with Crippen molar-refractivity contribution < 1.29 is 22.6 Å². The molecule has 1 aromatic heterocycles. The molecule has 0 amide bonds. The van der Waals surface area contributed by atoms with Gasteiger partial charge in [-0.05, 0) is 42.0 Å². The number of benzene rings is 3. The van der Waals surface area contributed by atoms with Gasteiger partial charge in [0.1, 0.15) is 11.5 Å². The van der Waals surface area contributed by atoms with Crippen LogP contribution < -0.4 is 9.47 Å². The molecule has 4 rings (SSSR count). The number of fused-ring (bicyclic) bond motifs is 1. The van der Waals surface area contributed by atoms with Gasteiger partial charge in [-0.15, -0.1) is 0 Å². The van der Waals surface area contributed by atoms with Crippen molar-refractivity contribution in [3.8, 4) is 34.5 Å². The van der Waals surface area contributed by atoms with Crippen molar-refractivity contribution >= 4 is 10.9 Å². The van der Waals surface area contributed by atoms with Gasteiger partial charge < -0.3 is 9.47 Å². The smallest absolute Gasteiger partial charge is 0.434 e. The Bertz CT molecular complexity index is 1350. The van der Waals surface area contributed by atoms with Crippen LogP contribution >= 0.6 is 0 Å². The Hall–Kier alpha value is -3.98. The van der Waals surface area contributed by atoms with Gasteiger partial charge in [0.25, 0.3) is 0 Å². The van der Waals surface area contributed by atoms with E-state index >= 15 is 0 Å². The fraction of sp³-hybridized carbons (Fsp3) is 0.115. The fourth-order valence-corrected chi connectivity index (χ4v) is 3.45. The number of rotatable bonds is 3. The van der Waals surface area contributed by atoms with Crippen LogP contribution in [0.5, 0.6) is 11.5 Å². The Labute approximate surface area is 183 Å². The summed E-state index contributed by atoms with van der Waals surface area (Å²) in [6.45, 7) is 0. The predicted octanol–water partition coefficient (Wildman–Crippen LogP) is 6.34. The topological polar surface area (TPSA) is 31.4 Å². The van der Waals surface area contributed by atoms with Crippen molar-refractivity contribution in [1.82, 2.24) is 4.98 Å². The Balaban J connectivity index is 2.06. The fourth-order valence-electron chi connectivity index (χ4n) is 3.45. The minimum atomic E-state index is -4.68. The molecule has 0 N–H and O–H groups in total. The largest absolute Gasteiger partial charge is 0.497 e. The second-order valence-corrected chi connectivity index (χ2v) is 6.94.